The van der Waals surface area contributed by atoms with Crippen LogP contribution in [0.2, 0.25) is 18.1 Å². The van der Waals surface area contributed by atoms with Gasteiger partial charge in [-0.2, -0.15) is 0 Å². The van der Waals surface area contributed by atoms with Gasteiger partial charge in [0.05, 0.1) is 0 Å². The molecule has 27 heavy (non-hydrogen) atoms. The van der Waals surface area contributed by atoms with Crippen molar-refractivity contribution >= 4 is 20.1 Å². The molecule has 0 aliphatic rings. The van der Waals surface area contributed by atoms with Gasteiger partial charge in [-0.3, -0.25) is 0 Å². The van der Waals surface area contributed by atoms with Crippen LogP contribution in [0.3, 0.4) is 0 Å². The molecule has 0 atom stereocenters. The van der Waals surface area contributed by atoms with Gasteiger partial charge in [-0.15, -0.1) is 6.58 Å². The minimum Gasteiger partial charge on any atom is -0.543 e. The van der Waals surface area contributed by atoms with Gasteiger partial charge < -0.3 is 4.43 Å². The monoisotopic (exact) mass is 398 g/mol. The van der Waals surface area contributed by atoms with Crippen LogP contribution in [-0.4, -0.2) is 8.32 Å². The second-order valence-electron chi connectivity index (χ2n) is 8.78. The van der Waals surface area contributed by atoms with Gasteiger partial charge in [0.2, 0.25) is 0 Å². The molecule has 0 fully saturated rings. The Morgan fingerprint density at radius 3 is 2.11 bits per heavy atom. The average Bonchev–Trinajstić information content (AvgIpc) is 2.59. The van der Waals surface area contributed by atoms with Crippen molar-refractivity contribution in [3.05, 3.63) is 65.2 Å². The number of allylic oxidation sites excluding steroid dienone is 1. The standard InChI is InChI=1S/C24H34OSSi/c1-10-14-21-19(4)23(26-20-15-12-11-13-16-20)18(3)17(2)22(21)25-27(8,9)24(5,6)7/h10-13,15-16H,1,14H2,2-9H3. The first-order chi connectivity index (χ1) is 12.5. The lowest BCUT2D eigenvalue weighted by molar-refractivity contribution is 0.483. The first-order valence-corrected chi connectivity index (χ1v) is 13.4. The lowest BCUT2D eigenvalue weighted by atomic mass is 9.97. The zero-order valence-corrected chi connectivity index (χ0v) is 20.0. The van der Waals surface area contributed by atoms with E-state index in [2.05, 4.69) is 91.5 Å². The summed E-state index contributed by atoms with van der Waals surface area (Å²) >= 11 is 1.85. The lowest BCUT2D eigenvalue weighted by Crippen LogP contribution is -2.44. The quantitative estimate of drug-likeness (QED) is 0.361. The first kappa shape index (κ1) is 21.8. The SMILES string of the molecule is C=CCc1c(C)c(Sc2ccccc2)c(C)c(C)c1O[Si](C)(C)C(C)(C)C. The molecule has 2 aromatic rings. The molecular weight excluding hydrogens is 364 g/mol. The van der Waals surface area contributed by atoms with E-state index < -0.39 is 8.32 Å². The molecule has 0 unspecified atom stereocenters. The lowest BCUT2D eigenvalue weighted by Gasteiger charge is -2.38. The van der Waals surface area contributed by atoms with Crippen LogP contribution in [-0.2, 0) is 6.42 Å². The molecule has 0 spiro atoms. The fourth-order valence-electron chi connectivity index (χ4n) is 2.85. The summed E-state index contributed by atoms with van der Waals surface area (Å²) in [5.41, 5.74) is 5.19. The minimum atomic E-state index is -1.92. The largest absolute Gasteiger partial charge is 0.543 e. The number of benzene rings is 2. The molecule has 1 nitrogen and oxygen atoms in total. The molecule has 2 aromatic carbocycles. The zero-order chi connectivity index (χ0) is 20.4. The van der Waals surface area contributed by atoms with Crippen LogP contribution in [0.4, 0.5) is 0 Å². The second-order valence-corrected chi connectivity index (χ2v) is 14.6. The second kappa shape index (κ2) is 8.28. The maximum atomic E-state index is 6.83. The summed E-state index contributed by atoms with van der Waals surface area (Å²) in [6.07, 6.45) is 2.83. The van der Waals surface area contributed by atoms with E-state index in [0.29, 0.717) is 0 Å². The van der Waals surface area contributed by atoms with E-state index in [4.69, 9.17) is 4.43 Å². The van der Waals surface area contributed by atoms with Crippen LogP contribution in [0.5, 0.6) is 5.75 Å². The summed E-state index contributed by atoms with van der Waals surface area (Å²) in [6, 6.07) is 10.6. The molecule has 0 saturated heterocycles. The Bertz CT molecular complexity index is 817. The Morgan fingerprint density at radius 2 is 1.59 bits per heavy atom. The smallest absolute Gasteiger partial charge is 0.250 e. The molecule has 0 aromatic heterocycles. The molecule has 0 amide bonds. The molecule has 0 aliphatic heterocycles. The molecule has 0 radical (unpaired) electrons. The van der Waals surface area contributed by atoms with Crippen molar-refractivity contribution in [2.24, 2.45) is 0 Å². The third kappa shape index (κ3) is 4.70. The van der Waals surface area contributed by atoms with Crippen LogP contribution in [0.15, 0.2) is 52.8 Å². The third-order valence-corrected chi connectivity index (χ3v) is 11.4. The Morgan fingerprint density at radius 1 is 1.00 bits per heavy atom. The topological polar surface area (TPSA) is 9.23 Å². The van der Waals surface area contributed by atoms with E-state index in [0.717, 1.165) is 12.2 Å². The fraction of sp³-hybridized carbons (Fsp3) is 0.417. The van der Waals surface area contributed by atoms with Crippen LogP contribution in [0, 0.1) is 20.8 Å². The number of hydrogen-bond acceptors (Lipinski definition) is 2. The van der Waals surface area contributed by atoms with Gasteiger partial charge in [0.1, 0.15) is 5.75 Å². The molecule has 0 bridgehead atoms. The Balaban J connectivity index is 2.61. The van der Waals surface area contributed by atoms with Crippen molar-refractivity contribution in [3.8, 4) is 5.75 Å². The summed E-state index contributed by atoms with van der Waals surface area (Å²) in [5.74, 6) is 1.09. The van der Waals surface area contributed by atoms with Crippen molar-refractivity contribution in [2.75, 3.05) is 0 Å². The van der Waals surface area contributed by atoms with E-state index in [1.54, 1.807) is 0 Å². The van der Waals surface area contributed by atoms with Crippen LogP contribution in [0.1, 0.15) is 43.0 Å². The van der Waals surface area contributed by atoms with Gasteiger partial charge >= 0.3 is 0 Å². The first-order valence-electron chi connectivity index (χ1n) is 9.65. The van der Waals surface area contributed by atoms with E-state index in [1.807, 2.05) is 17.8 Å². The third-order valence-electron chi connectivity index (χ3n) is 5.79. The minimum absolute atomic E-state index is 0.171. The van der Waals surface area contributed by atoms with E-state index in [-0.39, 0.29) is 5.04 Å². The van der Waals surface area contributed by atoms with E-state index in [9.17, 15) is 0 Å². The highest BCUT2D eigenvalue weighted by atomic mass is 32.2. The molecule has 0 N–H and O–H groups in total. The van der Waals surface area contributed by atoms with Gasteiger partial charge in [0.15, 0.2) is 0 Å². The fourth-order valence-corrected chi connectivity index (χ4v) is 5.06. The van der Waals surface area contributed by atoms with Crippen LogP contribution >= 0.6 is 11.8 Å². The van der Waals surface area contributed by atoms with Crippen LogP contribution in [0.25, 0.3) is 0 Å². The van der Waals surface area contributed by atoms with Gasteiger partial charge in [-0.05, 0) is 74.1 Å². The average molecular weight is 399 g/mol. The number of rotatable bonds is 6. The normalized spacial score (nSPS) is 12.1. The van der Waals surface area contributed by atoms with Gasteiger partial charge in [-0.1, -0.05) is 56.8 Å². The Hall–Kier alpha value is -1.45. The zero-order valence-electron chi connectivity index (χ0n) is 18.2. The molecule has 146 valence electrons. The molecule has 0 heterocycles. The summed E-state index contributed by atoms with van der Waals surface area (Å²) in [4.78, 5) is 2.61. The maximum absolute atomic E-state index is 6.83. The Labute approximate surface area is 171 Å². The molecule has 2 rings (SSSR count). The van der Waals surface area contributed by atoms with Gasteiger partial charge in [0, 0.05) is 15.4 Å². The maximum Gasteiger partial charge on any atom is 0.250 e. The van der Waals surface area contributed by atoms with Crippen molar-refractivity contribution < 1.29 is 4.43 Å². The highest BCUT2D eigenvalue weighted by Gasteiger charge is 2.40. The van der Waals surface area contributed by atoms with Gasteiger partial charge in [-0.25, -0.2) is 0 Å². The van der Waals surface area contributed by atoms with Crippen molar-refractivity contribution in [1.29, 1.82) is 0 Å². The number of hydrogen-bond donors (Lipinski definition) is 0. The summed E-state index contributed by atoms with van der Waals surface area (Å²) in [7, 11) is -1.92. The predicted octanol–water partition coefficient (Wildman–Crippen LogP) is 7.88. The summed E-state index contributed by atoms with van der Waals surface area (Å²) < 4.78 is 6.83. The van der Waals surface area contributed by atoms with Crippen molar-refractivity contribution in [2.45, 2.75) is 75.9 Å². The molecule has 0 saturated carbocycles. The highest BCUT2D eigenvalue weighted by molar-refractivity contribution is 7.99. The summed E-state index contributed by atoms with van der Waals surface area (Å²) in [6.45, 7) is 22.2. The Kier molecular flexibility index (Phi) is 6.70. The van der Waals surface area contributed by atoms with E-state index in [1.165, 1.54) is 32.0 Å². The highest BCUT2D eigenvalue weighted by Crippen LogP contribution is 2.44. The van der Waals surface area contributed by atoms with E-state index >= 15 is 0 Å². The molecular formula is C24H34OSSi. The predicted molar refractivity (Wildman–Crippen MR) is 123 cm³/mol. The summed E-state index contributed by atoms with van der Waals surface area (Å²) in [5, 5.41) is 0.171. The van der Waals surface area contributed by atoms with Crippen molar-refractivity contribution in [1.82, 2.24) is 0 Å². The molecule has 0 aliphatic carbocycles. The van der Waals surface area contributed by atoms with Crippen molar-refractivity contribution in [3.63, 3.8) is 0 Å². The van der Waals surface area contributed by atoms with Crippen LogP contribution < -0.4 is 4.43 Å². The molecule has 3 heteroatoms. The van der Waals surface area contributed by atoms with Gasteiger partial charge in [0.25, 0.3) is 8.32 Å².